The molecule has 1 aliphatic carbocycles. The minimum atomic E-state index is 0.759. The first-order valence-corrected chi connectivity index (χ1v) is 6.92. The van der Waals surface area contributed by atoms with E-state index in [1.54, 1.807) is 0 Å². The van der Waals surface area contributed by atoms with Crippen molar-refractivity contribution >= 4 is 11.8 Å². The molecule has 0 aromatic heterocycles. The van der Waals surface area contributed by atoms with Crippen LogP contribution in [0.2, 0.25) is 0 Å². The SMILES string of the molecule is CNC1CCCCC1SC(C)C(C)C. The van der Waals surface area contributed by atoms with Crippen molar-refractivity contribution in [1.82, 2.24) is 5.32 Å². The second-order valence-corrected chi connectivity index (χ2v) is 6.42. The van der Waals surface area contributed by atoms with E-state index in [1.165, 1.54) is 25.7 Å². The van der Waals surface area contributed by atoms with Crippen LogP contribution in [0.15, 0.2) is 0 Å². The maximum absolute atomic E-state index is 3.48. The molecule has 1 saturated carbocycles. The molecular formula is C12H25NS. The molecule has 0 amide bonds. The first kappa shape index (κ1) is 12.4. The van der Waals surface area contributed by atoms with Crippen molar-refractivity contribution in [2.24, 2.45) is 5.92 Å². The Labute approximate surface area is 93.4 Å². The number of hydrogen-bond donors (Lipinski definition) is 1. The Kier molecular flexibility index (Phi) is 5.32. The lowest BCUT2D eigenvalue weighted by atomic mass is 9.95. The molecule has 0 aliphatic heterocycles. The van der Waals surface area contributed by atoms with Crippen molar-refractivity contribution in [2.45, 2.75) is 63.0 Å². The van der Waals surface area contributed by atoms with Gasteiger partial charge < -0.3 is 5.32 Å². The van der Waals surface area contributed by atoms with E-state index in [1.807, 2.05) is 0 Å². The quantitative estimate of drug-likeness (QED) is 0.772. The molecule has 2 heteroatoms. The Morgan fingerprint density at radius 3 is 2.36 bits per heavy atom. The molecule has 14 heavy (non-hydrogen) atoms. The number of thioether (sulfide) groups is 1. The maximum Gasteiger partial charge on any atom is 0.0203 e. The van der Waals surface area contributed by atoms with Crippen LogP contribution in [-0.4, -0.2) is 23.6 Å². The summed E-state index contributed by atoms with van der Waals surface area (Å²) in [7, 11) is 2.11. The van der Waals surface area contributed by atoms with Crippen LogP contribution in [0.4, 0.5) is 0 Å². The lowest BCUT2D eigenvalue weighted by molar-refractivity contribution is 0.404. The summed E-state index contributed by atoms with van der Waals surface area (Å²) < 4.78 is 0. The molecule has 1 fully saturated rings. The van der Waals surface area contributed by atoms with Gasteiger partial charge in [0, 0.05) is 16.5 Å². The van der Waals surface area contributed by atoms with Gasteiger partial charge in [-0.1, -0.05) is 33.6 Å². The third-order valence-electron chi connectivity index (χ3n) is 3.40. The minimum Gasteiger partial charge on any atom is -0.316 e. The predicted molar refractivity (Wildman–Crippen MR) is 67.0 cm³/mol. The van der Waals surface area contributed by atoms with Gasteiger partial charge in [-0.2, -0.15) is 11.8 Å². The van der Waals surface area contributed by atoms with Gasteiger partial charge in [-0.25, -0.2) is 0 Å². The highest BCUT2D eigenvalue weighted by Crippen LogP contribution is 2.33. The Hall–Kier alpha value is 0.310. The molecule has 0 spiro atoms. The molecule has 0 bridgehead atoms. The van der Waals surface area contributed by atoms with E-state index in [0.717, 1.165) is 22.5 Å². The summed E-state index contributed by atoms with van der Waals surface area (Å²) in [4.78, 5) is 0. The summed E-state index contributed by atoms with van der Waals surface area (Å²) >= 11 is 2.20. The van der Waals surface area contributed by atoms with Crippen molar-refractivity contribution in [1.29, 1.82) is 0 Å². The number of rotatable bonds is 4. The number of nitrogens with one attached hydrogen (secondary N) is 1. The van der Waals surface area contributed by atoms with Crippen molar-refractivity contribution in [3.63, 3.8) is 0 Å². The van der Waals surface area contributed by atoms with Crippen LogP contribution in [-0.2, 0) is 0 Å². The van der Waals surface area contributed by atoms with Gasteiger partial charge >= 0.3 is 0 Å². The van der Waals surface area contributed by atoms with Gasteiger partial charge in [0.25, 0.3) is 0 Å². The minimum absolute atomic E-state index is 0.759. The van der Waals surface area contributed by atoms with Crippen molar-refractivity contribution < 1.29 is 0 Å². The van der Waals surface area contributed by atoms with E-state index in [0.29, 0.717) is 0 Å². The molecule has 3 atom stereocenters. The highest BCUT2D eigenvalue weighted by Gasteiger charge is 2.26. The van der Waals surface area contributed by atoms with Crippen LogP contribution in [0.1, 0.15) is 46.5 Å². The predicted octanol–water partition coefficient (Wildman–Crippen LogP) is 3.29. The van der Waals surface area contributed by atoms with Crippen molar-refractivity contribution in [3.05, 3.63) is 0 Å². The topological polar surface area (TPSA) is 12.0 Å². The first-order chi connectivity index (χ1) is 6.65. The zero-order valence-corrected chi connectivity index (χ0v) is 10.9. The van der Waals surface area contributed by atoms with Crippen LogP contribution in [0.3, 0.4) is 0 Å². The summed E-state index contributed by atoms with van der Waals surface area (Å²) in [5.41, 5.74) is 0. The fourth-order valence-corrected chi connectivity index (χ4v) is 3.65. The van der Waals surface area contributed by atoms with E-state index in [9.17, 15) is 0 Å². The average molecular weight is 215 g/mol. The van der Waals surface area contributed by atoms with Crippen LogP contribution in [0, 0.1) is 5.92 Å². The van der Waals surface area contributed by atoms with Gasteiger partial charge in [0.2, 0.25) is 0 Å². The van der Waals surface area contributed by atoms with Crippen molar-refractivity contribution in [3.8, 4) is 0 Å². The fraction of sp³-hybridized carbons (Fsp3) is 1.00. The molecule has 0 aromatic carbocycles. The lowest BCUT2D eigenvalue weighted by Gasteiger charge is -2.33. The Bertz CT molecular complexity index is 158. The Morgan fingerprint density at radius 2 is 1.79 bits per heavy atom. The average Bonchev–Trinajstić information content (AvgIpc) is 2.18. The van der Waals surface area contributed by atoms with Gasteiger partial charge in [-0.15, -0.1) is 0 Å². The Morgan fingerprint density at radius 1 is 1.14 bits per heavy atom. The molecule has 1 aliphatic rings. The van der Waals surface area contributed by atoms with Crippen LogP contribution < -0.4 is 5.32 Å². The smallest absolute Gasteiger partial charge is 0.0203 e. The van der Waals surface area contributed by atoms with Gasteiger partial charge in [-0.05, 0) is 25.8 Å². The molecule has 0 heterocycles. The molecule has 84 valence electrons. The van der Waals surface area contributed by atoms with Crippen LogP contribution in [0.5, 0.6) is 0 Å². The highest BCUT2D eigenvalue weighted by atomic mass is 32.2. The molecule has 3 unspecified atom stereocenters. The molecule has 1 N–H and O–H groups in total. The highest BCUT2D eigenvalue weighted by molar-refractivity contribution is 8.00. The van der Waals surface area contributed by atoms with E-state index < -0.39 is 0 Å². The molecule has 1 nitrogen and oxygen atoms in total. The Balaban J connectivity index is 2.40. The van der Waals surface area contributed by atoms with E-state index in [-0.39, 0.29) is 0 Å². The van der Waals surface area contributed by atoms with Crippen LogP contribution >= 0.6 is 11.8 Å². The monoisotopic (exact) mass is 215 g/mol. The molecule has 0 radical (unpaired) electrons. The van der Waals surface area contributed by atoms with E-state index in [2.05, 4.69) is 44.9 Å². The second kappa shape index (κ2) is 6.02. The van der Waals surface area contributed by atoms with E-state index >= 15 is 0 Å². The molecule has 0 aromatic rings. The largest absolute Gasteiger partial charge is 0.316 e. The fourth-order valence-electron chi connectivity index (χ4n) is 2.02. The van der Waals surface area contributed by atoms with Gasteiger partial charge in [0.1, 0.15) is 0 Å². The van der Waals surface area contributed by atoms with Crippen molar-refractivity contribution in [2.75, 3.05) is 7.05 Å². The van der Waals surface area contributed by atoms with Crippen LogP contribution in [0.25, 0.3) is 0 Å². The standard InChI is InChI=1S/C12H25NS/c1-9(2)10(3)14-12-8-6-5-7-11(12)13-4/h9-13H,5-8H2,1-4H3. The summed E-state index contributed by atoms with van der Waals surface area (Å²) in [5.74, 6) is 0.805. The normalized spacial score (nSPS) is 30.6. The van der Waals surface area contributed by atoms with E-state index in [4.69, 9.17) is 0 Å². The molecule has 1 rings (SSSR count). The molecular weight excluding hydrogens is 190 g/mol. The maximum atomic E-state index is 3.48. The van der Waals surface area contributed by atoms with Gasteiger partial charge in [0.05, 0.1) is 0 Å². The summed E-state index contributed by atoms with van der Waals surface area (Å²) in [5, 5.41) is 5.13. The zero-order valence-electron chi connectivity index (χ0n) is 10.0. The second-order valence-electron chi connectivity index (χ2n) is 4.80. The molecule has 0 saturated heterocycles. The third-order valence-corrected chi connectivity index (χ3v) is 5.29. The number of hydrogen-bond acceptors (Lipinski definition) is 2. The first-order valence-electron chi connectivity index (χ1n) is 5.98. The zero-order chi connectivity index (χ0) is 10.6. The summed E-state index contributed by atoms with van der Waals surface area (Å²) in [6.45, 7) is 7.03. The van der Waals surface area contributed by atoms with Gasteiger partial charge in [0.15, 0.2) is 0 Å². The summed E-state index contributed by atoms with van der Waals surface area (Å²) in [6, 6.07) is 0.759. The third kappa shape index (κ3) is 3.47. The lowest BCUT2D eigenvalue weighted by Crippen LogP contribution is -2.39. The van der Waals surface area contributed by atoms with Gasteiger partial charge in [-0.3, -0.25) is 0 Å². The summed E-state index contributed by atoms with van der Waals surface area (Å²) in [6.07, 6.45) is 5.63.